The molecule has 0 unspecified atom stereocenters. The van der Waals surface area contributed by atoms with Crippen LogP contribution in [0.15, 0.2) is 12.4 Å². The molecule has 1 N–H and O–H groups in total. The molecule has 0 aromatic carbocycles. The molecule has 1 saturated heterocycles. The Morgan fingerprint density at radius 2 is 1.89 bits per heavy atom. The maximum absolute atomic E-state index is 12.6. The average Bonchev–Trinajstić information content (AvgIpc) is 2.60. The first-order chi connectivity index (χ1) is 8.62. The molecule has 0 aliphatic carbocycles. The number of hydrogen-bond acceptors (Lipinski definition) is 4. The zero-order valence-electron chi connectivity index (χ0n) is 11.2. The molecular formula is C13H19ClN4O. The van der Waals surface area contributed by atoms with Crippen molar-refractivity contribution in [3.05, 3.63) is 18.1 Å². The van der Waals surface area contributed by atoms with E-state index in [9.17, 15) is 4.79 Å². The van der Waals surface area contributed by atoms with Crippen LogP contribution >= 0.6 is 12.4 Å². The Balaban J connectivity index is 0.00000133. The molecular weight excluding hydrogens is 264 g/mol. The van der Waals surface area contributed by atoms with Crippen molar-refractivity contribution in [1.82, 2.24) is 15.3 Å². The van der Waals surface area contributed by atoms with Gasteiger partial charge in [0.1, 0.15) is 0 Å². The van der Waals surface area contributed by atoms with Crippen LogP contribution in [-0.2, 0) is 10.2 Å². The van der Waals surface area contributed by atoms with Crippen molar-refractivity contribution >= 4 is 24.1 Å². The molecule has 19 heavy (non-hydrogen) atoms. The summed E-state index contributed by atoms with van der Waals surface area (Å²) in [4.78, 5) is 23.2. The Morgan fingerprint density at radius 3 is 2.58 bits per heavy atom. The molecule has 2 aliphatic rings. The second kappa shape index (κ2) is 5.06. The number of carbonyl (C=O) groups is 1. The van der Waals surface area contributed by atoms with E-state index in [2.05, 4.69) is 15.3 Å². The van der Waals surface area contributed by atoms with E-state index in [0.717, 1.165) is 37.4 Å². The molecule has 1 aromatic heterocycles. The number of nitrogens with one attached hydrogen (secondary N) is 1. The number of fused-ring (bicyclic) bond motifs is 1. The molecule has 1 aromatic rings. The third-order valence-corrected chi connectivity index (χ3v) is 3.93. The van der Waals surface area contributed by atoms with Gasteiger partial charge < -0.3 is 5.32 Å². The zero-order chi connectivity index (χ0) is 12.8. The number of piperidine rings is 1. The molecule has 0 saturated carbocycles. The van der Waals surface area contributed by atoms with E-state index in [1.54, 1.807) is 12.4 Å². The fourth-order valence-corrected chi connectivity index (χ4v) is 2.85. The van der Waals surface area contributed by atoms with E-state index in [0.29, 0.717) is 0 Å². The van der Waals surface area contributed by atoms with E-state index in [1.807, 2.05) is 18.7 Å². The standard InChI is InChI=1S/C13H18N4O.ClH/c1-13(2)10-11(16-8-7-15-10)17(12(13)18)9-3-5-14-6-4-9;/h7-9,14H,3-6H2,1-2H3;1H. The third kappa shape index (κ3) is 2.11. The monoisotopic (exact) mass is 282 g/mol. The van der Waals surface area contributed by atoms with Crippen LogP contribution in [0, 0.1) is 0 Å². The maximum Gasteiger partial charge on any atom is 0.240 e. The third-order valence-electron chi connectivity index (χ3n) is 3.93. The second-order valence-electron chi connectivity index (χ2n) is 5.51. The van der Waals surface area contributed by atoms with Crippen molar-refractivity contribution in [3.8, 4) is 0 Å². The normalized spacial score (nSPS) is 22.0. The minimum atomic E-state index is -0.547. The van der Waals surface area contributed by atoms with Gasteiger partial charge in [-0.15, -0.1) is 12.4 Å². The van der Waals surface area contributed by atoms with Crippen LogP contribution < -0.4 is 10.2 Å². The van der Waals surface area contributed by atoms with Crippen molar-refractivity contribution in [1.29, 1.82) is 0 Å². The van der Waals surface area contributed by atoms with Crippen molar-refractivity contribution in [2.45, 2.75) is 38.1 Å². The van der Waals surface area contributed by atoms with Gasteiger partial charge in [0.25, 0.3) is 0 Å². The van der Waals surface area contributed by atoms with Crippen LogP contribution in [0.1, 0.15) is 32.4 Å². The molecule has 5 nitrogen and oxygen atoms in total. The lowest BCUT2D eigenvalue weighted by molar-refractivity contribution is -0.122. The fourth-order valence-electron chi connectivity index (χ4n) is 2.85. The SMILES string of the molecule is CC1(C)C(=O)N(C2CCNCC2)c2nccnc21.Cl. The number of carbonyl (C=O) groups excluding carboxylic acids is 1. The number of amides is 1. The molecule has 0 bridgehead atoms. The highest BCUT2D eigenvalue weighted by atomic mass is 35.5. The van der Waals surface area contributed by atoms with Crippen LogP contribution in [0.4, 0.5) is 5.82 Å². The topological polar surface area (TPSA) is 58.1 Å². The van der Waals surface area contributed by atoms with Crippen molar-refractivity contribution < 1.29 is 4.79 Å². The zero-order valence-corrected chi connectivity index (χ0v) is 12.0. The van der Waals surface area contributed by atoms with Crippen molar-refractivity contribution in [3.63, 3.8) is 0 Å². The van der Waals surface area contributed by atoms with Gasteiger partial charge in [0, 0.05) is 18.4 Å². The molecule has 104 valence electrons. The summed E-state index contributed by atoms with van der Waals surface area (Å²) < 4.78 is 0. The summed E-state index contributed by atoms with van der Waals surface area (Å²) in [5.41, 5.74) is 0.266. The molecule has 3 heterocycles. The molecule has 0 atom stereocenters. The average molecular weight is 283 g/mol. The van der Waals surface area contributed by atoms with Gasteiger partial charge in [-0.25, -0.2) is 4.98 Å². The largest absolute Gasteiger partial charge is 0.317 e. The van der Waals surface area contributed by atoms with E-state index < -0.39 is 5.41 Å². The summed E-state index contributed by atoms with van der Waals surface area (Å²) in [6, 6.07) is 0.260. The first-order valence-corrected chi connectivity index (χ1v) is 6.48. The Hall–Kier alpha value is -1.20. The summed E-state index contributed by atoms with van der Waals surface area (Å²) in [7, 11) is 0. The second-order valence-corrected chi connectivity index (χ2v) is 5.51. The van der Waals surface area contributed by atoms with Gasteiger partial charge in [0.15, 0.2) is 5.82 Å². The number of nitrogens with zero attached hydrogens (tertiary/aromatic N) is 3. The molecule has 1 fully saturated rings. The highest BCUT2D eigenvalue weighted by Gasteiger charge is 2.48. The van der Waals surface area contributed by atoms with Crippen molar-refractivity contribution in [2.75, 3.05) is 18.0 Å². The van der Waals surface area contributed by atoms with Gasteiger partial charge in [-0.3, -0.25) is 14.7 Å². The number of aromatic nitrogens is 2. The summed E-state index contributed by atoms with van der Waals surface area (Å²) in [5.74, 6) is 0.898. The highest BCUT2D eigenvalue weighted by Crippen LogP contribution is 2.40. The van der Waals surface area contributed by atoms with Crippen LogP contribution in [-0.4, -0.2) is 35.0 Å². The van der Waals surface area contributed by atoms with E-state index in [1.165, 1.54) is 0 Å². The van der Waals surface area contributed by atoms with Crippen LogP contribution in [0.3, 0.4) is 0 Å². The summed E-state index contributed by atoms with van der Waals surface area (Å²) in [5, 5.41) is 3.32. The number of hydrogen-bond donors (Lipinski definition) is 1. The minimum Gasteiger partial charge on any atom is -0.317 e. The quantitative estimate of drug-likeness (QED) is 0.843. The van der Waals surface area contributed by atoms with Crippen LogP contribution in [0.2, 0.25) is 0 Å². The summed E-state index contributed by atoms with van der Waals surface area (Å²) >= 11 is 0. The number of rotatable bonds is 1. The number of anilines is 1. The predicted octanol–water partition coefficient (Wildman–Crippen LogP) is 1.27. The van der Waals surface area contributed by atoms with Gasteiger partial charge in [-0.05, 0) is 39.8 Å². The Morgan fingerprint density at radius 1 is 1.26 bits per heavy atom. The molecule has 6 heteroatoms. The van der Waals surface area contributed by atoms with E-state index in [-0.39, 0.29) is 24.4 Å². The Bertz CT molecular complexity index is 485. The first-order valence-electron chi connectivity index (χ1n) is 6.48. The first kappa shape index (κ1) is 14.2. The molecule has 2 aliphatic heterocycles. The van der Waals surface area contributed by atoms with Gasteiger partial charge in [-0.1, -0.05) is 0 Å². The summed E-state index contributed by atoms with van der Waals surface area (Å²) in [6.45, 7) is 5.79. The van der Waals surface area contributed by atoms with E-state index >= 15 is 0 Å². The van der Waals surface area contributed by atoms with Gasteiger partial charge in [-0.2, -0.15) is 0 Å². The summed E-state index contributed by atoms with van der Waals surface area (Å²) in [6.07, 6.45) is 5.30. The van der Waals surface area contributed by atoms with Crippen LogP contribution in [0.5, 0.6) is 0 Å². The lowest BCUT2D eigenvalue weighted by Gasteiger charge is -2.32. The van der Waals surface area contributed by atoms with Gasteiger partial charge in [0.2, 0.25) is 5.91 Å². The maximum atomic E-state index is 12.6. The van der Waals surface area contributed by atoms with Crippen molar-refractivity contribution in [2.24, 2.45) is 0 Å². The minimum absolute atomic E-state index is 0. The molecule has 0 spiro atoms. The number of halogens is 1. The smallest absolute Gasteiger partial charge is 0.240 e. The Labute approximate surface area is 119 Å². The van der Waals surface area contributed by atoms with Gasteiger partial charge in [0.05, 0.1) is 11.1 Å². The lowest BCUT2D eigenvalue weighted by Crippen LogP contribution is -2.47. The van der Waals surface area contributed by atoms with Crippen LogP contribution in [0.25, 0.3) is 0 Å². The van der Waals surface area contributed by atoms with Gasteiger partial charge >= 0.3 is 0 Å². The highest BCUT2D eigenvalue weighted by molar-refractivity contribution is 6.06. The van der Waals surface area contributed by atoms with E-state index in [4.69, 9.17) is 0 Å². The molecule has 1 amide bonds. The molecule has 0 radical (unpaired) electrons. The lowest BCUT2D eigenvalue weighted by atomic mass is 9.91. The fraction of sp³-hybridized carbons (Fsp3) is 0.615. The molecule has 3 rings (SSSR count). The Kier molecular flexibility index (Phi) is 3.78. The predicted molar refractivity (Wildman–Crippen MR) is 75.7 cm³/mol.